The number of carbonyl (C=O) groups excluding carboxylic acids is 2. The molecule has 2 aromatic rings. The Kier molecular flexibility index (Phi) is 6.95. The van der Waals surface area contributed by atoms with E-state index in [-0.39, 0.29) is 18.0 Å². The minimum atomic E-state index is -1.09. The Morgan fingerprint density at radius 3 is 2.41 bits per heavy atom. The number of nitrogens with one attached hydrogen (secondary N) is 2. The summed E-state index contributed by atoms with van der Waals surface area (Å²) in [6.45, 7) is 1.02. The van der Waals surface area contributed by atoms with E-state index in [1.54, 1.807) is 30.3 Å². The van der Waals surface area contributed by atoms with Crippen LogP contribution in [0.3, 0.4) is 0 Å². The number of hydrogen-bond donors (Lipinski definition) is 2. The van der Waals surface area contributed by atoms with Gasteiger partial charge in [0, 0.05) is 6.07 Å². The second-order valence-electron chi connectivity index (χ2n) is 5.24. The molecule has 2 N–H and O–H groups in total. The van der Waals surface area contributed by atoms with E-state index in [2.05, 4.69) is 10.9 Å². The Hall–Kier alpha value is -3.33. The minimum Gasteiger partial charge on any atom is -0.482 e. The first-order valence-corrected chi connectivity index (χ1v) is 8.12. The highest BCUT2D eigenvalue weighted by molar-refractivity contribution is 6.32. The molecule has 2 rings (SSSR count). The van der Waals surface area contributed by atoms with Gasteiger partial charge in [-0.25, -0.2) is 0 Å². The summed E-state index contributed by atoms with van der Waals surface area (Å²) >= 11 is 5.90. The second-order valence-corrected chi connectivity index (χ2v) is 5.65. The maximum atomic E-state index is 12.0. The molecule has 1 unspecified atom stereocenters. The van der Waals surface area contributed by atoms with Crippen molar-refractivity contribution in [3.8, 4) is 11.5 Å². The van der Waals surface area contributed by atoms with Crippen molar-refractivity contribution in [3.63, 3.8) is 0 Å². The SMILES string of the molecule is CC(Oc1ccccc1[N+](=O)[O-])C(=O)NNC(=O)COc1ccccc1Cl. The summed E-state index contributed by atoms with van der Waals surface area (Å²) in [6.07, 6.45) is -1.09. The van der Waals surface area contributed by atoms with Gasteiger partial charge in [0.2, 0.25) is 0 Å². The molecule has 0 spiro atoms. The van der Waals surface area contributed by atoms with Gasteiger partial charge in [-0.15, -0.1) is 0 Å². The van der Waals surface area contributed by atoms with Crippen LogP contribution in [0.25, 0.3) is 0 Å². The summed E-state index contributed by atoms with van der Waals surface area (Å²) in [5, 5.41) is 11.3. The number of para-hydroxylation sites is 3. The number of nitro groups is 1. The zero-order valence-corrected chi connectivity index (χ0v) is 14.9. The van der Waals surface area contributed by atoms with E-state index in [1.807, 2.05) is 0 Å². The molecule has 0 saturated carbocycles. The summed E-state index contributed by atoms with van der Waals surface area (Å²) < 4.78 is 10.5. The Bertz CT molecular complexity index is 845. The van der Waals surface area contributed by atoms with Crippen LogP contribution in [0.15, 0.2) is 48.5 Å². The summed E-state index contributed by atoms with van der Waals surface area (Å²) in [5.41, 5.74) is 4.04. The highest BCUT2D eigenvalue weighted by atomic mass is 35.5. The van der Waals surface area contributed by atoms with E-state index in [0.29, 0.717) is 10.8 Å². The van der Waals surface area contributed by atoms with Gasteiger partial charge in [-0.05, 0) is 25.1 Å². The number of nitrogens with zero attached hydrogens (tertiary/aromatic N) is 1. The van der Waals surface area contributed by atoms with Gasteiger partial charge in [-0.1, -0.05) is 35.9 Å². The van der Waals surface area contributed by atoms with Gasteiger partial charge in [-0.3, -0.25) is 30.6 Å². The van der Waals surface area contributed by atoms with Crippen molar-refractivity contribution in [1.29, 1.82) is 0 Å². The number of ether oxygens (including phenoxy) is 2. The van der Waals surface area contributed by atoms with Gasteiger partial charge in [-0.2, -0.15) is 0 Å². The first-order valence-electron chi connectivity index (χ1n) is 7.74. The Morgan fingerprint density at radius 1 is 1.11 bits per heavy atom. The van der Waals surface area contributed by atoms with Crippen molar-refractivity contribution < 1.29 is 24.0 Å². The van der Waals surface area contributed by atoms with Crippen molar-refractivity contribution in [2.75, 3.05) is 6.61 Å². The van der Waals surface area contributed by atoms with E-state index in [9.17, 15) is 19.7 Å². The van der Waals surface area contributed by atoms with Crippen LogP contribution in [0.4, 0.5) is 5.69 Å². The Labute approximate surface area is 159 Å². The zero-order chi connectivity index (χ0) is 19.8. The normalized spacial score (nSPS) is 11.2. The predicted octanol–water partition coefficient (Wildman–Crippen LogP) is 2.24. The van der Waals surface area contributed by atoms with E-state index in [1.165, 1.54) is 25.1 Å². The fraction of sp³-hybridized carbons (Fsp3) is 0.176. The number of hydrazine groups is 1. The topological polar surface area (TPSA) is 120 Å². The molecule has 0 radical (unpaired) electrons. The van der Waals surface area contributed by atoms with Crippen LogP contribution in [0.1, 0.15) is 6.92 Å². The number of amides is 2. The van der Waals surface area contributed by atoms with Crippen LogP contribution in [0.2, 0.25) is 5.02 Å². The van der Waals surface area contributed by atoms with E-state index < -0.39 is 22.8 Å². The summed E-state index contributed by atoms with van der Waals surface area (Å²) in [6, 6.07) is 12.3. The van der Waals surface area contributed by atoms with Gasteiger partial charge in [0.25, 0.3) is 11.8 Å². The molecule has 0 bridgehead atoms. The average molecular weight is 394 g/mol. The molecular weight excluding hydrogens is 378 g/mol. The van der Waals surface area contributed by atoms with Gasteiger partial charge < -0.3 is 9.47 Å². The third kappa shape index (κ3) is 5.86. The molecule has 10 heteroatoms. The lowest BCUT2D eigenvalue weighted by Gasteiger charge is -2.15. The van der Waals surface area contributed by atoms with E-state index in [0.717, 1.165) is 0 Å². The van der Waals surface area contributed by atoms with Crippen LogP contribution in [0.5, 0.6) is 11.5 Å². The van der Waals surface area contributed by atoms with Crippen molar-refractivity contribution in [2.24, 2.45) is 0 Å². The first kappa shape index (κ1) is 20.0. The molecule has 0 aromatic heterocycles. The number of rotatable bonds is 7. The maximum Gasteiger partial charge on any atom is 0.310 e. The first-order chi connectivity index (χ1) is 12.9. The molecule has 0 saturated heterocycles. The molecule has 0 aliphatic heterocycles. The molecular formula is C17H16ClN3O6. The fourth-order valence-electron chi connectivity index (χ4n) is 1.93. The smallest absolute Gasteiger partial charge is 0.310 e. The minimum absolute atomic E-state index is 0.0569. The van der Waals surface area contributed by atoms with E-state index in [4.69, 9.17) is 21.1 Å². The average Bonchev–Trinajstić information content (AvgIpc) is 2.65. The summed E-state index contributed by atoms with van der Waals surface area (Å²) in [5.74, 6) is -1.05. The molecule has 0 aliphatic rings. The highest BCUT2D eigenvalue weighted by Gasteiger charge is 2.21. The number of halogens is 1. The molecule has 9 nitrogen and oxygen atoms in total. The predicted molar refractivity (Wildman–Crippen MR) is 96.4 cm³/mol. The monoisotopic (exact) mass is 393 g/mol. The van der Waals surface area contributed by atoms with Crippen molar-refractivity contribution in [1.82, 2.24) is 10.9 Å². The van der Waals surface area contributed by atoms with Gasteiger partial charge in [0.05, 0.1) is 9.95 Å². The van der Waals surface area contributed by atoms with Gasteiger partial charge in [0.15, 0.2) is 18.5 Å². The molecule has 142 valence electrons. The molecule has 0 heterocycles. The Balaban J connectivity index is 1.82. The summed E-state index contributed by atoms with van der Waals surface area (Å²) in [7, 11) is 0. The maximum absolute atomic E-state index is 12.0. The van der Waals surface area contributed by atoms with Crippen molar-refractivity contribution in [3.05, 3.63) is 63.7 Å². The lowest BCUT2D eigenvalue weighted by Crippen LogP contribution is -2.48. The third-order valence-electron chi connectivity index (χ3n) is 3.26. The molecule has 2 aromatic carbocycles. The van der Waals surface area contributed by atoms with Crippen LogP contribution in [0, 0.1) is 10.1 Å². The third-order valence-corrected chi connectivity index (χ3v) is 3.57. The van der Waals surface area contributed by atoms with Crippen molar-refractivity contribution in [2.45, 2.75) is 13.0 Å². The molecule has 2 amide bonds. The van der Waals surface area contributed by atoms with Gasteiger partial charge >= 0.3 is 5.69 Å². The molecule has 27 heavy (non-hydrogen) atoms. The lowest BCUT2D eigenvalue weighted by molar-refractivity contribution is -0.386. The summed E-state index contributed by atoms with van der Waals surface area (Å²) in [4.78, 5) is 34.0. The van der Waals surface area contributed by atoms with Crippen LogP contribution in [-0.2, 0) is 9.59 Å². The number of nitro benzene ring substituents is 1. The zero-order valence-electron chi connectivity index (χ0n) is 14.2. The van der Waals surface area contributed by atoms with Crippen molar-refractivity contribution >= 4 is 29.1 Å². The fourth-order valence-corrected chi connectivity index (χ4v) is 2.12. The number of benzene rings is 2. The van der Waals surface area contributed by atoms with Crippen LogP contribution < -0.4 is 20.3 Å². The second kappa shape index (κ2) is 9.39. The Morgan fingerprint density at radius 2 is 1.74 bits per heavy atom. The van der Waals surface area contributed by atoms with Crippen LogP contribution in [-0.4, -0.2) is 29.4 Å². The molecule has 0 fully saturated rings. The lowest BCUT2D eigenvalue weighted by atomic mass is 10.3. The molecule has 0 aliphatic carbocycles. The van der Waals surface area contributed by atoms with E-state index >= 15 is 0 Å². The quantitative estimate of drug-likeness (QED) is 0.550. The number of hydrogen-bond acceptors (Lipinski definition) is 6. The standard InChI is InChI=1S/C17H16ClN3O6/c1-11(27-15-9-5-3-7-13(15)21(24)25)17(23)20-19-16(22)10-26-14-8-4-2-6-12(14)18/h2-9,11H,10H2,1H3,(H,19,22)(H,20,23). The number of carbonyl (C=O) groups is 2. The van der Waals surface area contributed by atoms with Crippen LogP contribution >= 0.6 is 11.6 Å². The van der Waals surface area contributed by atoms with Gasteiger partial charge in [0.1, 0.15) is 5.75 Å². The highest BCUT2D eigenvalue weighted by Crippen LogP contribution is 2.26. The molecule has 1 atom stereocenters. The largest absolute Gasteiger partial charge is 0.482 e.